The van der Waals surface area contributed by atoms with E-state index in [1.54, 1.807) is 4.57 Å². The van der Waals surface area contributed by atoms with Crippen molar-refractivity contribution < 1.29 is 4.79 Å². The van der Waals surface area contributed by atoms with Crippen LogP contribution in [0.1, 0.15) is 54.5 Å². The average Bonchev–Trinajstić information content (AvgIpc) is 2.94. The standard InChI is InChI=1S/C32H31N3O2/c1-3-4-21-34(31(36)27-19-12-16-25-15-8-9-17-26(25)27)23(2)30-33-29-20-11-10-18-28(29)32(37)35(30)22-24-13-6-5-7-14-24/h5-20,23H,3-4,21-22H2,1-2H3. The van der Waals surface area contributed by atoms with E-state index >= 15 is 0 Å². The Labute approximate surface area is 217 Å². The first kappa shape index (κ1) is 24.4. The molecule has 4 aromatic carbocycles. The number of fused-ring (bicyclic) bond motifs is 2. The zero-order valence-electron chi connectivity index (χ0n) is 21.3. The summed E-state index contributed by atoms with van der Waals surface area (Å²) >= 11 is 0. The summed E-state index contributed by atoms with van der Waals surface area (Å²) in [6.07, 6.45) is 1.81. The summed E-state index contributed by atoms with van der Waals surface area (Å²) in [4.78, 5) is 34.7. The van der Waals surface area contributed by atoms with Gasteiger partial charge in [-0.3, -0.25) is 14.2 Å². The second-order valence-electron chi connectivity index (χ2n) is 9.42. The van der Waals surface area contributed by atoms with Gasteiger partial charge in [0.2, 0.25) is 0 Å². The zero-order valence-corrected chi connectivity index (χ0v) is 21.3. The fraction of sp³-hybridized carbons (Fsp3) is 0.219. The third kappa shape index (κ3) is 4.90. The molecule has 37 heavy (non-hydrogen) atoms. The second-order valence-corrected chi connectivity index (χ2v) is 9.42. The molecule has 0 aliphatic heterocycles. The van der Waals surface area contributed by atoms with E-state index in [1.807, 2.05) is 109 Å². The Hall–Kier alpha value is -4.25. The Balaban J connectivity index is 1.64. The third-order valence-electron chi connectivity index (χ3n) is 6.95. The van der Waals surface area contributed by atoms with Gasteiger partial charge in [-0.1, -0.05) is 92.2 Å². The minimum Gasteiger partial charge on any atom is -0.329 e. The van der Waals surface area contributed by atoms with Crippen LogP contribution in [0.2, 0.25) is 0 Å². The van der Waals surface area contributed by atoms with Gasteiger partial charge in [-0.2, -0.15) is 0 Å². The third-order valence-corrected chi connectivity index (χ3v) is 6.95. The normalized spacial score (nSPS) is 12.1. The van der Waals surface area contributed by atoms with Crippen LogP contribution >= 0.6 is 0 Å². The van der Waals surface area contributed by atoms with Crippen LogP contribution in [-0.4, -0.2) is 26.9 Å². The van der Waals surface area contributed by atoms with Gasteiger partial charge in [0.25, 0.3) is 11.5 Å². The van der Waals surface area contributed by atoms with Crippen molar-refractivity contribution >= 4 is 27.6 Å². The average molecular weight is 490 g/mol. The van der Waals surface area contributed by atoms with Gasteiger partial charge in [-0.25, -0.2) is 4.98 Å². The minimum absolute atomic E-state index is 0.0496. The predicted octanol–water partition coefficient (Wildman–Crippen LogP) is 6.60. The van der Waals surface area contributed by atoms with E-state index in [9.17, 15) is 9.59 Å². The van der Waals surface area contributed by atoms with E-state index in [1.165, 1.54) is 0 Å². The van der Waals surface area contributed by atoms with Gasteiger partial charge >= 0.3 is 0 Å². The summed E-state index contributed by atoms with van der Waals surface area (Å²) in [7, 11) is 0. The first-order valence-corrected chi connectivity index (χ1v) is 12.9. The zero-order chi connectivity index (χ0) is 25.8. The molecular formula is C32H31N3O2. The highest BCUT2D eigenvalue weighted by atomic mass is 16.2. The van der Waals surface area contributed by atoms with Crippen molar-refractivity contribution in [2.45, 2.75) is 39.3 Å². The Morgan fingerprint density at radius 3 is 2.32 bits per heavy atom. The molecule has 0 saturated carbocycles. The van der Waals surface area contributed by atoms with E-state index in [0.29, 0.717) is 35.4 Å². The number of benzene rings is 4. The monoisotopic (exact) mass is 489 g/mol. The van der Waals surface area contributed by atoms with Gasteiger partial charge in [0, 0.05) is 12.1 Å². The van der Waals surface area contributed by atoms with Gasteiger partial charge in [-0.05, 0) is 47.9 Å². The topological polar surface area (TPSA) is 55.2 Å². The van der Waals surface area contributed by atoms with Crippen LogP contribution in [0.4, 0.5) is 0 Å². The van der Waals surface area contributed by atoms with Crippen LogP contribution in [0.15, 0.2) is 102 Å². The van der Waals surface area contributed by atoms with Gasteiger partial charge in [-0.15, -0.1) is 0 Å². The molecular weight excluding hydrogens is 458 g/mol. The summed E-state index contributed by atoms with van der Waals surface area (Å²) in [6, 6.07) is 30.7. The molecule has 0 fully saturated rings. The van der Waals surface area contributed by atoms with Crippen molar-refractivity contribution in [3.05, 3.63) is 124 Å². The lowest BCUT2D eigenvalue weighted by Gasteiger charge is -2.31. The lowest BCUT2D eigenvalue weighted by molar-refractivity contribution is 0.0678. The molecule has 1 aromatic heterocycles. The maximum atomic E-state index is 14.1. The molecule has 0 aliphatic rings. The Morgan fingerprint density at radius 1 is 0.865 bits per heavy atom. The highest BCUT2D eigenvalue weighted by Crippen LogP contribution is 2.26. The van der Waals surface area contributed by atoms with Crippen molar-refractivity contribution in [1.29, 1.82) is 0 Å². The quantitative estimate of drug-likeness (QED) is 0.247. The number of unbranched alkanes of at least 4 members (excludes halogenated alkanes) is 1. The Bertz CT molecular complexity index is 1600. The summed E-state index contributed by atoms with van der Waals surface area (Å²) in [5, 5.41) is 2.54. The predicted molar refractivity (Wildman–Crippen MR) is 150 cm³/mol. The van der Waals surface area contributed by atoms with Crippen LogP contribution in [0.25, 0.3) is 21.7 Å². The molecule has 5 rings (SSSR count). The molecule has 0 bridgehead atoms. The molecule has 1 amide bonds. The van der Waals surface area contributed by atoms with E-state index in [4.69, 9.17) is 4.98 Å². The smallest absolute Gasteiger partial charge is 0.261 e. The fourth-order valence-corrected chi connectivity index (χ4v) is 4.93. The van der Waals surface area contributed by atoms with Gasteiger partial charge in [0.05, 0.1) is 23.5 Å². The van der Waals surface area contributed by atoms with Crippen LogP contribution in [0.5, 0.6) is 0 Å². The molecule has 5 aromatic rings. The van der Waals surface area contributed by atoms with E-state index in [0.717, 1.165) is 29.2 Å². The first-order chi connectivity index (χ1) is 18.1. The van der Waals surface area contributed by atoms with Crippen molar-refractivity contribution in [2.75, 3.05) is 6.54 Å². The van der Waals surface area contributed by atoms with Gasteiger partial charge in [0.1, 0.15) is 5.82 Å². The maximum absolute atomic E-state index is 14.1. The van der Waals surface area contributed by atoms with Gasteiger partial charge in [0.15, 0.2) is 0 Å². The van der Waals surface area contributed by atoms with Crippen molar-refractivity contribution in [1.82, 2.24) is 14.5 Å². The summed E-state index contributed by atoms with van der Waals surface area (Å²) in [6.45, 7) is 5.07. The number of amides is 1. The second kappa shape index (κ2) is 10.8. The molecule has 1 atom stereocenters. The minimum atomic E-state index is -0.404. The Kier molecular flexibility index (Phi) is 7.13. The van der Waals surface area contributed by atoms with E-state index in [-0.39, 0.29) is 11.5 Å². The van der Waals surface area contributed by atoms with Gasteiger partial charge < -0.3 is 4.90 Å². The number of nitrogens with zero attached hydrogens (tertiary/aromatic N) is 3. The lowest BCUT2D eigenvalue weighted by atomic mass is 10.0. The number of rotatable bonds is 8. The molecule has 5 heteroatoms. The molecule has 186 valence electrons. The van der Waals surface area contributed by atoms with Crippen molar-refractivity contribution in [3.8, 4) is 0 Å². The van der Waals surface area contributed by atoms with E-state index in [2.05, 4.69) is 6.92 Å². The van der Waals surface area contributed by atoms with Crippen LogP contribution in [-0.2, 0) is 6.54 Å². The molecule has 0 radical (unpaired) electrons. The van der Waals surface area contributed by atoms with Crippen LogP contribution < -0.4 is 5.56 Å². The molecule has 0 saturated heterocycles. The summed E-state index contributed by atoms with van der Waals surface area (Å²) in [5.41, 5.74) is 2.23. The van der Waals surface area contributed by atoms with Crippen molar-refractivity contribution in [2.24, 2.45) is 0 Å². The lowest BCUT2D eigenvalue weighted by Crippen LogP contribution is -2.38. The number of aromatic nitrogens is 2. The first-order valence-electron chi connectivity index (χ1n) is 12.9. The SMILES string of the molecule is CCCCN(C(=O)c1cccc2ccccc12)C(C)c1nc2ccccc2c(=O)n1Cc1ccccc1. The molecule has 0 aliphatic carbocycles. The number of carbonyl (C=O) groups is 1. The highest BCUT2D eigenvalue weighted by molar-refractivity contribution is 6.07. The maximum Gasteiger partial charge on any atom is 0.261 e. The van der Waals surface area contributed by atoms with Crippen molar-refractivity contribution in [3.63, 3.8) is 0 Å². The fourth-order valence-electron chi connectivity index (χ4n) is 4.93. The molecule has 5 nitrogen and oxygen atoms in total. The molecule has 1 heterocycles. The van der Waals surface area contributed by atoms with Crippen LogP contribution in [0, 0.1) is 0 Å². The molecule has 0 N–H and O–H groups in total. The summed E-state index contributed by atoms with van der Waals surface area (Å²) < 4.78 is 1.73. The van der Waals surface area contributed by atoms with E-state index < -0.39 is 6.04 Å². The summed E-state index contributed by atoms with van der Waals surface area (Å²) in [5.74, 6) is 0.545. The number of hydrogen-bond acceptors (Lipinski definition) is 3. The van der Waals surface area contributed by atoms with Crippen LogP contribution in [0.3, 0.4) is 0 Å². The molecule has 0 spiro atoms. The number of hydrogen-bond donors (Lipinski definition) is 0. The highest BCUT2D eigenvalue weighted by Gasteiger charge is 2.27. The number of carbonyl (C=O) groups excluding carboxylic acids is 1. The largest absolute Gasteiger partial charge is 0.329 e. The molecule has 1 unspecified atom stereocenters. The Morgan fingerprint density at radius 2 is 1.54 bits per heavy atom. The number of para-hydroxylation sites is 1.